The van der Waals surface area contributed by atoms with E-state index in [0.29, 0.717) is 17.9 Å². The van der Waals surface area contributed by atoms with Gasteiger partial charge in [0.15, 0.2) is 11.9 Å². The number of ether oxygens (including phenoxy) is 1. The average Bonchev–Trinajstić information content (AvgIpc) is 2.92. The summed E-state index contributed by atoms with van der Waals surface area (Å²) in [5.74, 6) is 0.417. The van der Waals surface area contributed by atoms with Crippen LogP contribution in [0, 0.1) is 5.41 Å². The van der Waals surface area contributed by atoms with Crippen molar-refractivity contribution in [3.8, 4) is 5.75 Å². The SMILES string of the molecule is CC(=O)c1cccc(OC(C)C(=O)NCC2(C)CCCC2)c1. The van der Waals surface area contributed by atoms with Crippen LogP contribution in [-0.4, -0.2) is 24.3 Å². The van der Waals surface area contributed by atoms with Crippen LogP contribution in [0.3, 0.4) is 0 Å². The van der Waals surface area contributed by atoms with Gasteiger partial charge in [-0.15, -0.1) is 0 Å². The molecule has 120 valence electrons. The Hall–Kier alpha value is -1.84. The van der Waals surface area contributed by atoms with Crippen molar-refractivity contribution in [3.63, 3.8) is 0 Å². The minimum Gasteiger partial charge on any atom is -0.481 e. The van der Waals surface area contributed by atoms with E-state index < -0.39 is 6.10 Å². The van der Waals surface area contributed by atoms with Gasteiger partial charge in [-0.05, 0) is 44.2 Å². The predicted octanol–water partition coefficient (Wildman–Crippen LogP) is 3.35. The van der Waals surface area contributed by atoms with Crippen molar-refractivity contribution in [2.24, 2.45) is 5.41 Å². The van der Waals surface area contributed by atoms with Crippen LogP contribution in [0.25, 0.3) is 0 Å². The van der Waals surface area contributed by atoms with E-state index in [1.54, 1.807) is 31.2 Å². The molecule has 0 radical (unpaired) electrons. The van der Waals surface area contributed by atoms with Crippen LogP contribution >= 0.6 is 0 Å². The standard InChI is InChI=1S/C18H25NO3/c1-13(20)15-7-6-8-16(11-15)22-14(2)17(21)19-12-18(3)9-4-5-10-18/h6-8,11,14H,4-5,9-10,12H2,1-3H3,(H,19,21). The van der Waals surface area contributed by atoms with Crippen LogP contribution in [-0.2, 0) is 4.79 Å². The van der Waals surface area contributed by atoms with E-state index in [9.17, 15) is 9.59 Å². The molecule has 1 atom stereocenters. The number of Topliss-reactive ketones (excluding diaryl/α,β-unsaturated/α-hetero) is 1. The summed E-state index contributed by atoms with van der Waals surface area (Å²) in [5, 5.41) is 2.99. The molecule has 0 saturated heterocycles. The molecule has 0 heterocycles. The summed E-state index contributed by atoms with van der Waals surface area (Å²) in [6.07, 6.45) is 4.26. The maximum atomic E-state index is 12.2. The highest BCUT2D eigenvalue weighted by molar-refractivity contribution is 5.94. The highest BCUT2D eigenvalue weighted by atomic mass is 16.5. The summed E-state index contributed by atoms with van der Waals surface area (Å²) in [6, 6.07) is 6.93. The van der Waals surface area contributed by atoms with Crippen LogP contribution in [0.15, 0.2) is 24.3 Å². The number of carbonyl (C=O) groups excluding carboxylic acids is 2. The molecule has 0 aromatic heterocycles. The molecule has 1 amide bonds. The molecule has 4 heteroatoms. The Morgan fingerprint density at radius 1 is 1.32 bits per heavy atom. The lowest BCUT2D eigenvalue weighted by molar-refractivity contribution is -0.127. The van der Waals surface area contributed by atoms with Gasteiger partial charge in [0.2, 0.25) is 0 Å². The number of ketones is 1. The number of benzene rings is 1. The fraction of sp³-hybridized carbons (Fsp3) is 0.556. The molecule has 1 saturated carbocycles. The smallest absolute Gasteiger partial charge is 0.260 e. The van der Waals surface area contributed by atoms with Crippen LogP contribution in [0.5, 0.6) is 5.75 Å². The normalized spacial score (nSPS) is 17.8. The molecule has 0 aliphatic heterocycles. The van der Waals surface area contributed by atoms with Crippen LogP contribution in [0.2, 0.25) is 0 Å². The van der Waals surface area contributed by atoms with Crippen molar-refractivity contribution < 1.29 is 14.3 Å². The number of hydrogen-bond donors (Lipinski definition) is 1. The molecule has 22 heavy (non-hydrogen) atoms. The second kappa shape index (κ2) is 6.95. The maximum absolute atomic E-state index is 12.2. The molecule has 1 N–H and O–H groups in total. The molecular weight excluding hydrogens is 278 g/mol. The third-order valence-electron chi connectivity index (χ3n) is 4.42. The third-order valence-corrected chi connectivity index (χ3v) is 4.42. The lowest BCUT2D eigenvalue weighted by Crippen LogP contribution is -2.41. The van der Waals surface area contributed by atoms with Crippen LogP contribution in [0.4, 0.5) is 0 Å². The predicted molar refractivity (Wildman–Crippen MR) is 86.1 cm³/mol. The molecule has 0 bridgehead atoms. The highest BCUT2D eigenvalue weighted by Crippen LogP contribution is 2.36. The van der Waals surface area contributed by atoms with Gasteiger partial charge in [-0.2, -0.15) is 0 Å². The van der Waals surface area contributed by atoms with Gasteiger partial charge in [-0.1, -0.05) is 31.9 Å². The van der Waals surface area contributed by atoms with Gasteiger partial charge in [0, 0.05) is 12.1 Å². The molecule has 1 aliphatic carbocycles. The number of hydrogen-bond acceptors (Lipinski definition) is 3. The molecule has 1 aliphatic rings. The maximum Gasteiger partial charge on any atom is 0.260 e. The Balaban J connectivity index is 1.88. The second-order valence-corrected chi connectivity index (χ2v) is 6.58. The Morgan fingerprint density at radius 2 is 2.00 bits per heavy atom. The molecule has 1 fully saturated rings. The summed E-state index contributed by atoms with van der Waals surface area (Å²) >= 11 is 0. The van der Waals surface area contributed by atoms with Crippen LogP contribution < -0.4 is 10.1 Å². The number of carbonyl (C=O) groups is 2. The fourth-order valence-electron chi connectivity index (χ4n) is 2.90. The van der Waals surface area contributed by atoms with Gasteiger partial charge in [0.1, 0.15) is 5.75 Å². The molecule has 2 rings (SSSR count). The van der Waals surface area contributed by atoms with Crippen molar-refractivity contribution >= 4 is 11.7 Å². The first kappa shape index (κ1) is 16.5. The first-order valence-corrected chi connectivity index (χ1v) is 7.95. The number of amides is 1. The van der Waals surface area contributed by atoms with E-state index in [1.807, 2.05) is 0 Å². The van der Waals surface area contributed by atoms with Gasteiger partial charge < -0.3 is 10.1 Å². The summed E-state index contributed by atoms with van der Waals surface area (Å²) in [4.78, 5) is 23.5. The first-order chi connectivity index (χ1) is 10.4. The van der Waals surface area contributed by atoms with Crippen molar-refractivity contribution in [1.82, 2.24) is 5.32 Å². The third kappa shape index (κ3) is 4.33. The zero-order valence-corrected chi connectivity index (χ0v) is 13.6. The van der Waals surface area contributed by atoms with Crippen molar-refractivity contribution in [1.29, 1.82) is 0 Å². The van der Waals surface area contributed by atoms with Crippen molar-refractivity contribution in [3.05, 3.63) is 29.8 Å². The monoisotopic (exact) mass is 303 g/mol. The zero-order valence-electron chi connectivity index (χ0n) is 13.6. The number of rotatable bonds is 6. The van der Waals surface area contributed by atoms with Gasteiger partial charge in [-0.25, -0.2) is 0 Å². The fourth-order valence-corrected chi connectivity index (χ4v) is 2.90. The Morgan fingerprint density at radius 3 is 2.64 bits per heavy atom. The van der Waals surface area contributed by atoms with E-state index >= 15 is 0 Å². The minimum absolute atomic E-state index is 0.0169. The van der Waals surface area contributed by atoms with Gasteiger partial charge in [-0.3, -0.25) is 9.59 Å². The van der Waals surface area contributed by atoms with E-state index in [-0.39, 0.29) is 17.1 Å². The van der Waals surface area contributed by atoms with E-state index in [2.05, 4.69) is 12.2 Å². The summed E-state index contributed by atoms with van der Waals surface area (Å²) in [7, 11) is 0. The Labute approximate surface area is 132 Å². The van der Waals surface area contributed by atoms with Gasteiger partial charge >= 0.3 is 0 Å². The largest absolute Gasteiger partial charge is 0.481 e. The Bertz CT molecular complexity index is 547. The van der Waals surface area contributed by atoms with E-state index in [1.165, 1.54) is 32.6 Å². The molecule has 1 unspecified atom stereocenters. The summed E-state index contributed by atoms with van der Waals surface area (Å²) in [6.45, 7) is 6.17. The topological polar surface area (TPSA) is 55.4 Å². The zero-order chi connectivity index (χ0) is 16.2. The molecule has 4 nitrogen and oxygen atoms in total. The lowest BCUT2D eigenvalue weighted by atomic mass is 9.89. The van der Waals surface area contributed by atoms with Gasteiger partial charge in [0.25, 0.3) is 5.91 Å². The molecule has 1 aromatic carbocycles. The van der Waals surface area contributed by atoms with Crippen molar-refractivity contribution in [2.45, 2.75) is 52.6 Å². The second-order valence-electron chi connectivity index (χ2n) is 6.58. The van der Waals surface area contributed by atoms with Gasteiger partial charge in [0.05, 0.1) is 0 Å². The Kier molecular flexibility index (Phi) is 5.22. The summed E-state index contributed by atoms with van der Waals surface area (Å²) < 4.78 is 5.65. The summed E-state index contributed by atoms with van der Waals surface area (Å²) in [5.41, 5.74) is 0.813. The minimum atomic E-state index is -0.577. The van der Waals surface area contributed by atoms with E-state index in [0.717, 1.165) is 0 Å². The molecular formula is C18H25NO3. The molecule has 1 aromatic rings. The quantitative estimate of drug-likeness (QED) is 0.820. The first-order valence-electron chi connectivity index (χ1n) is 7.95. The number of nitrogens with one attached hydrogen (secondary N) is 1. The highest BCUT2D eigenvalue weighted by Gasteiger charge is 2.29. The lowest BCUT2D eigenvalue weighted by Gasteiger charge is -2.25. The molecule has 0 spiro atoms. The van der Waals surface area contributed by atoms with Crippen molar-refractivity contribution in [2.75, 3.05) is 6.54 Å². The van der Waals surface area contributed by atoms with Crippen LogP contribution in [0.1, 0.15) is 56.8 Å². The average molecular weight is 303 g/mol. The van der Waals surface area contributed by atoms with E-state index in [4.69, 9.17) is 4.74 Å².